The molecule has 0 aliphatic rings. The van der Waals surface area contributed by atoms with E-state index in [1.54, 1.807) is 32.7 Å². The van der Waals surface area contributed by atoms with Crippen LogP contribution in [0.25, 0.3) is 33.4 Å². The number of aryl methyl sites for hydroxylation is 2. The molecule has 0 unspecified atom stereocenters. The summed E-state index contributed by atoms with van der Waals surface area (Å²) in [6.07, 6.45) is 11.5. The van der Waals surface area contributed by atoms with Gasteiger partial charge in [0.25, 0.3) is 20.2 Å². The van der Waals surface area contributed by atoms with Gasteiger partial charge in [-0.25, -0.2) is 9.97 Å². The van der Waals surface area contributed by atoms with Gasteiger partial charge in [0, 0.05) is 94.9 Å². The number of hydrogen-bond acceptors (Lipinski definition) is 19. The van der Waals surface area contributed by atoms with Crippen LogP contribution in [0.5, 0.6) is 11.5 Å². The van der Waals surface area contributed by atoms with Gasteiger partial charge in [-0.05, 0) is 102 Å². The molecule has 0 aliphatic heterocycles. The summed E-state index contributed by atoms with van der Waals surface area (Å²) in [7, 11) is 7.93. The number of amides is 2. The number of anilines is 8. The Hall–Kier alpha value is -9.43. The van der Waals surface area contributed by atoms with Crippen molar-refractivity contribution in [3.8, 4) is 29.2 Å². The molecule has 4 heterocycles. The summed E-state index contributed by atoms with van der Waals surface area (Å²) in [6, 6.07) is 29.4. The van der Waals surface area contributed by atoms with Crippen molar-refractivity contribution in [1.29, 1.82) is 5.26 Å². The SMILES string of the molecule is C=CC(=O)Nc1cc(Nc2nccc(-n3cc(C)c4ccccc43)n2)c(OC)cc1N(C)CCN(C)C.C=CC(=O)Nc1cc(Nc2nccc(-n3cc(C)c4ccccc43)n2)c(OC)cc1N(C)CCN(C)C.CC#N.CS(=O)(=O)O.CS(=O)(=O)O. The Morgan fingerprint density at radius 3 is 1.25 bits per heavy atom. The summed E-state index contributed by atoms with van der Waals surface area (Å²) in [5, 5.41) is 22.0. The van der Waals surface area contributed by atoms with Crippen LogP contribution in [0, 0.1) is 25.2 Å². The maximum atomic E-state index is 12.2. The molecule has 4 aromatic heterocycles. The minimum atomic E-state index is -3.67. The fourth-order valence-electron chi connectivity index (χ4n) is 8.22. The fourth-order valence-corrected chi connectivity index (χ4v) is 8.22. The minimum absolute atomic E-state index is 0.300. The number of likely N-dealkylation sites (N-methyl/N-ethyl adjacent to an activating group) is 4. The Kier molecular flexibility index (Phi) is 26.4. The molecule has 0 saturated carbocycles. The van der Waals surface area contributed by atoms with Crippen LogP contribution in [-0.4, -0.2) is 172 Å². The van der Waals surface area contributed by atoms with Crippen molar-refractivity contribution in [3.63, 3.8) is 0 Å². The van der Waals surface area contributed by atoms with Gasteiger partial charge in [-0.3, -0.25) is 18.7 Å². The molecule has 0 spiro atoms. The summed E-state index contributed by atoms with van der Waals surface area (Å²) in [5.74, 6) is 2.88. The van der Waals surface area contributed by atoms with Crippen LogP contribution in [0.3, 0.4) is 0 Å². The van der Waals surface area contributed by atoms with Gasteiger partial charge >= 0.3 is 0 Å². The number of nitrogens with zero attached hydrogens (tertiary/aromatic N) is 11. The first kappa shape index (κ1) is 70.1. The molecule has 0 bridgehead atoms. The summed E-state index contributed by atoms with van der Waals surface area (Å²) in [6.45, 7) is 16.0. The second-order valence-corrected chi connectivity index (χ2v) is 22.7. The number of rotatable bonds is 20. The number of benzene rings is 4. The quantitative estimate of drug-likeness (QED) is 0.0307. The molecule has 0 saturated heterocycles. The summed E-state index contributed by atoms with van der Waals surface area (Å²) >= 11 is 0. The van der Waals surface area contributed by atoms with E-state index >= 15 is 0 Å². The Labute approximate surface area is 509 Å². The van der Waals surface area contributed by atoms with Crippen LogP contribution in [-0.2, 0) is 29.8 Å². The molecule has 2 amide bonds. The molecule has 87 heavy (non-hydrogen) atoms. The van der Waals surface area contributed by atoms with Gasteiger partial charge in [-0.2, -0.15) is 32.1 Å². The Balaban J connectivity index is 0.000000310. The number of carbonyl (C=O) groups excluding carboxylic acids is 2. The molecule has 0 fully saturated rings. The number of nitriles is 1. The van der Waals surface area contributed by atoms with Crippen LogP contribution in [0.4, 0.5) is 46.0 Å². The summed E-state index contributed by atoms with van der Waals surface area (Å²) in [5.41, 5.74) is 8.61. The highest BCUT2D eigenvalue weighted by Gasteiger charge is 2.20. The molecule has 8 aromatic rings. The Morgan fingerprint density at radius 2 is 0.943 bits per heavy atom. The van der Waals surface area contributed by atoms with E-state index in [2.05, 4.69) is 114 Å². The number of ether oxygens (including phenoxy) is 2. The number of hydrogen-bond donors (Lipinski definition) is 6. The predicted octanol–water partition coefficient (Wildman–Crippen LogP) is 8.74. The summed E-state index contributed by atoms with van der Waals surface area (Å²) in [4.78, 5) is 51.2. The molecule has 464 valence electrons. The van der Waals surface area contributed by atoms with Gasteiger partial charge in [0.05, 0.1) is 78.0 Å². The zero-order valence-electron chi connectivity index (χ0n) is 51.2. The molecule has 4 aromatic carbocycles. The molecular weight excluding hydrogens is 1150 g/mol. The van der Waals surface area contributed by atoms with Crippen LogP contribution in [0.2, 0.25) is 0 Å². The van der Waals surface area contributed by atoms with Crippen molar-refractivity contribution >= 4 is 99.9 Å². The summed E-state index contributed by atoms with van der Waals surface area (Å²) < 4.78 is 67.2. The zero-order chi connectivity index (χ0) is 64.8. The van der Waals surface area contributed by atoms with E-state index in [0.717, 1.165) is 60.2 Å². The lowest BCUT2D eigenvalue weighted by atomic mass is 10.2. The minimum Gasteiger partial charge on any atom is -0.494 e. The first-order chi connectivity index (χ1) is 41.0. The maximum Gasteiger partial charge on any atom is 0.261 e. The number of carbonyl (C=O) groups is 2. The second-order valence-electron chi connectivity index (χ2n) is 19.8. The highest BCUT2D eigenvalue weighted by atomic mass is 32.2. The van der Waals surface area contributed by atoms with Crippen molar-refractivity contribution in [2.24, 2.45) is 0 Å². The highest BCUT2D eigenvalue weighted by Crippen LogP contribution is 2.40. The first-order valence-electron chi connectivity index (χ1n) is 26.5. The molecule has 0 aliphatic carbocycles. The van der Waals surface area contributed by atoms with Gasteiger partial charge in [0.2, 0.25) is 23.7 Å². The third-order valence-corrected chi connectivity index (χ3v) is 12.2. The van der Waals surface area contributed by atoms with E-state index in [9.17, 15) is 26.4 Å². The molecule has 8 rings (SSSR count). The molecular formula is C60H77N15O10S2. The monoisotopic (exact) mass is 1230 g/mol. The highest BCUT2D eigenvalue weighted by molar-refractivity contribution is 7.85. The zero-order valence-corrected chi connectivity index (χ0v) is 52.8. The van der Waals surface area contributed by atoms with Crippen molar-refractivity contribution in [1.82, 2.24) is 38.9 Å². The number of aromatic nitrogens is 6. The van der Waals surface area contributed by atoms with Crippen LogP contribution in [0.1, 0.15) is 18.1 Å². The van der Waals surface area contributed by atoms with E-state index in [-0.39, 0.29) is 11.8 Å². The Morgan fingerprint density at radius 1 is 0.609 bits per heavy atom. The molecule has 6 N–H and O–H groups in total. The van der Waals surface area contributed by atoms with E-state index in [4.69, 9.17) is 33.8 Å². The van der Waals surface area contributed by atoms with E-state index < -0.39 is 20.2 Å². The molecule has 0 atom stereocenters. The third kappa shape index (κ3) is 22.2. The van der Waals surface area contributed by atoms with Gasteiger partial charge in [0.15, 0.2) is 0 Å². The second kappa shape index (κ2) is 32.7. The fraction of sp³-hybridized carbons (Fsp3) is 0.283. The van der Waals surface area contributed by atoms with Crippen LogP contribution >= 0.6 is 0 Å². The normalized spacial score (nSPS) is 10.8. The topological polar surface area (TPSA) is 308 Å². The lowest BCUT2D eigenvalue weighted by Gasteiger charge is -2.26. The van der Waals surface area contributed by atoms with Crippen molar-refractivity contribution in [3.05, 3.63) is 146 Å². The number of methoxy groups -OCH3 is 2. The van der Waals surface area contributed by atoms with Gasteiger partial charge in [0.1, 0.15) is 23.1 Å². The van der Waals surface area contributed by atoms with Gasteiger partial charge in [-0.1, -0.05) is 49.6 Å². The van der Waals surface area contributed by atoms with Crippen LogP contribution in [0.15, 0.2) is 135 Å². The van der Waals surface area contributed by atoms with E-state index in [1.807, 2.05) is 112 Å². The Bertz CT molecular complexity index is 3670. The predicted molar refractivity (Wildman–Crippen MR) is 347 cm³/mol. The largest absolute Gasteiger partial charge is 0.494 e. The standard InChI is InChI=1S/2C28H33N7O2.C2H3N.2CH4O3S/c2*1-7-27(36)30-21-16-22(25(37-6)17-24(21)34(5)15-14-33(3)4)31-28-29-13-12-26(32-28)35-18-19(2)20-10-8-9-11-23(20)35;1-2-3;2*1-5(2,3)4/h2*7-13,16-18H,1,14-15H2,2-6H3,(H,30,36)(H,29,31,32);1H3;2*1H3,(H,2,3,4). The maximum absolute atomic E-state index is 12.2. The average molecular weight is 1230 g/mol. The molecule has 25 nitrogen and oxygen atoms in total. The number of nitrogens with one attached hydrogen (secondary N) is 4. The van der Waals surface area contributed by atoms with Gasteiger partial charge in [-0.15, -0.1) is 0 Å². The van der Waals surface area contributed by atoms with Crippen LogP contribution < -0.4 is 40.5 Å². The van der Waals surface area contributed by atoms with E-state index in [0.29, 0.717) is 58.7 Å². The van der Waals surface area contributed by atoms with E-state index in [1.165, 1.54) is 41.0 Å². The van der Waals surface area contributed by atoms with Crippen molar-refractivity contribution in [2.75, 3.05) is 126 Å². The van der Waals surface area contributed by atoms with Crippen molar-refractivity contribution in [2.45, 2.75) is 20.8 Å². The molecule has 27 heteroatoms. The first-order valence-corrected chi connectivity index (χ1v) is 30.2. The average Bonchev–Trinajstić information content (AvgIpc) is 1.91. The third-order valence-electron chi connectivity index (χ3n) is 12.2. The van der Waals surface area contributed by atoms with Crippen molar-refractivity contribution < 1.29 is 45.0 Å². The molecule has 0 radical (unpaired) electrons. The lowest BCUT2D eigenvalue weighted by Crippen LogP contribution is -2.29. The number of para-hydroxylation sites is 2. The van der Waals surface area contributed by atoms with Gasteiger partial charge < -0.3 is 59.5 Å². The smallest absolute Gasteiger partial charge is 0.261 e. The number of fused-ring (bicyclic) bond motifs is 2. The lowest BCUT2D eigenvalue weighted by molar-refractivity contribution is -0.112.